The van der Waals surface area contributed by atoms with Crippen LogP contribution in [0.25, 0.3) is 0 Å². The number of nitrogens with zero attached hydrogens (tertiary/aromatic N) is 1. The third kappa shape index (κ3) is 6.94. The minimum atomic E-state index is -3.62. The van der Waals surface area contributed by atoms with Crippen molar-refractivity contribution in [2.24, 2.45) is 5.92 Å². The highest BCUT2D eigenvalue weighted by atomic mass is 32.2. The number of piperidine rings is 1. The van der Waals surface area contributed by atoms with Crippen LogP contribution < -0.4 is 18.9 Å². The molecule has 1 saturated carbocycles. The van der Waals surface area contributed by atoms with Gasteiger partial charge in [0.25, 0.3) is 0 Å². The van der Waals surface area contributed by atoms with Crippen LogP contribution in [0.15, 0.2) is 47.4 Å². The van der Waals surface area contributed by atoms with E-state index in [0.717, 1.165) is 57.4 Å². The molecule has 0 radical (unpaired) electrons. The molecule has 2 aromatic carbocycles. The van der Waals surface area contributed by atoms with Crippen LogP contribution in [0.2, 0.25) is 0 Å². The van der Waals surface area contributed by atoms with Crippen molar-refractivity contribution in [1.82, 2.24) is 9.62 Å². The first kappa shape index (κ1) is 27.7. The predicted octanol–water partition coefficient (Wildman–Crippen LogP) is 4.77. The Balaban J connectivity index is 1.24. The zero-order valence-electron chi connectivity index (χ0n) is 21.8. The van der Waals surface area contributed by atoms with Gasteiger partial charge in [-0.25, -0.2) is 17.5 Å². The molecule has 4 rings (SSSR count). The van der Waals surface area contributed by atoms with Crippen molar-refractivity contribution in [3.05, 3.63) is 48.0 Å². The predicted molar refractivity (Wildman–Crippen MR) is 142 cm³/mol. The van der Waals surface area contributed by atoms with Gasteiger partial charge in [0.2, 0.25) is 10.0 Å². The highest BCUT2D eigenvalue weighted by Crippen LogP contribution is 2.37. The topological polar surface area (TPSA) is 77.1 Å². The maximum atomic E-state index is 12.8. The van der Waals surface area contributed by atoms with E-state index < -0.39 is 16.7 Å². The molecule has 1 aliphatic carbocycles. The highest BCUT2D eigenvalue weighted by molar-refractivity contribution is 7.89. The summed E-state index contributed by atoms with van der Waals surface area (Å²) in [5.74, 6) is 2.48. The van der Waals surface area contributed by atoms with Gasteiger partial charge in [0.1, 0.15) is 19.0 Å². The summed E-state index contributed by atoms with van der Waals surface area (Å²) in [5, 5.41) is 0. The van der Waals surface area contributed by atoms with Gasteiger partial charge in [-0.05, 0) is 87.2 Å². The van der Waals surface area contributed by atoms with Crippen LogP contribution in [0, 0.1) is 5.92 Å². The van der Waals surface area contributed by atoms with E-state index in [-0.39, 0.29) is 11.5 Å². The summed E-state index contributed by atoms with van der Waals surface area (Å²) in [4.78, 5) is 2.78. The van der Waals surface area contributed by atoms with Crippen LogP contribution in [0.3, 0.4) is 0 Å². The zero-order chi connectivity index (χ0) is 26.3. The van der Waals surface area contributed by atoms with E-state index in [4.69, 9.17) is 14.2 Å². The molecule has 0 aromatic heterocycles. The fraction of sp³-hybridized carbons (Fsp3) is 0.571. The Hall–Kier alpha value is -2.36. The van der Waals surface area contributed by atoms with Crippen molar-refractivity contribution in [2.75, 3.05) is 47.1 Å². The first-order valence-electron chi connectivity index (χ1n) is 13.2. The van der Waals surface area contributed by atoms with Gasteiger partial charge in [0, 0.05) is 18.7 Å². The van der Waals surface area contributed by atoms with Gasteiger partial charge in [-0.1, -0.05) is 18.2 Å². The lowest BCUT2D eigenvalue weighted by Crippen LogP contribution is -2.43. The summed E-state index contributed by atoms with van der Waals surface area (Å²) in [6.07, 6.45) is 6.34. The van der Waals surface area contributed by atoms with Gasteiger partial charge in [-0.2, -0.15) is 0 Å². The Morgan fingerprint density at radius 2 is 1.62 bits per heavy atom. The summed E-state index contributed by atoms with van der Waals surface area (Å²) in [6.45, 7) is 2.16. The summed E-state index contributed by atoms with van der Waals surface area (Å²) in [6, 6.07) is 13.2. The number of methoxy groups -OCH3 is 2. The molecule has 2 fully saturated rings. The fourth-order valence-electron chi connectivity index (χ4n) is 5.68. The van der Waals surface area contributed by atoms with E-state index in [1.807, 2.05) is 18.2 Å². The fourth-order valence-corrected chi connectivity index (χ4v) is 6.81. The van der Waals surface area contributed by atoms with Crippen LogP contribution in [-0.2, 0) is 10.0 Å². The molecule has 2 aliphatic rings. The third-order valence-electron chi connectivity index (χ3n) is 7.78. The lowest BCUT2D eigenvalue weighted by molar-refractivity contribution is 0.107. The first-order valence-corrected chi connectivity index (χ1v) is 14.7. The van der Waals surface area contributed by atoms with Crippen LogP contribution in [0.4, 0.5) is 4.39 Å². The number of para-hydroxylation sites is 1. The molecule has 2 aromatic rings. The summed E-state index contributed by atoms with van der Waals surface area (Å²) < 4.78 is 57.2. The molecule has 7 nitrogen and oxygen atoms in total. The number of hydrogen-bond donors (Lipinski definition) is 1. The molecule has 1 heterocycles. The van der Waals surface area contributed by atoms with Crippen molar-refractivity contribution < 1.29 is 27.0 Å². The smallest absolute Gasteiger partial charge is 0.240 e. The van der Waals surface area contributed by atoms with Crippen LogP contribution in [0.1, 0.15) is 50.0 Å². The second-order valence-electron chi connectivity index (χ2n) is 9.93. The minimum Gasteiger partial charge on any atom is -0.493 e. The second-order valence-corrected chi connectivity index (χ2v) is 11.7. The zero-order valence-corrected chi connectivity index (χ0v) is 22.6. The van der Waals surface area contributed by atoms with Gasteiger partial charge in [0.05, 0.1) is 19.1 Å². The lowest BCUT2D eigenvalue weighted by atomic mass is 9.83. The summed E-state index contributed by atoms with van der Waals surface area (Å²) in [5.41, 5.74) is 1.20. The van der Waals surface area contributed by atoms with Crippen molar-refractivity contribution in [1.29, 1.82) is 0 Å². The second kappa shape index (κ2) is 12.9. The van der Waals surface area contributed by atoms with Crippen molar-refractivity contribution in [3.8, 4) is 17.2 Å². The van der Waals surface area contributed by atoms with E-state index >= 15 is 0 Å². The van der Waals surface area contributed by atoms with Gasteiger partial charge < -0.3 is 19.1 Å². The van der Waals surface area contributed by atoms with E-state index in [0.29, 0.717) is 35.9 Å². The molecule has 0 atom stereocenters. The standard InChI is InChI=1S/C28H39FN2O5S/c1-34-27-12-11-24(19-28(27)35-2)37(32,33)30-20-21-7-9-23(10-8-21)31-16-13-22(14-17-31)25-5-3-4-6-26(25)36-18-15-29/h3-6,11-12,19,21-23,30H,7-10,13-18,20H2,1-2H3. The molecule has 0 bridgehead atoms. The highest BCUT2D eigenvalue weighted by Gasteiger charge is 2.31. The number of hydrogen-bond acceptors (Lipinski definition) is 6. The van der Waals surface area contributed by atoms with Crippen molar-refractivity contribution in [3.63, 3.8) is 0 Å². The third-order valence-corrected chi connectivity index (χ3v) is 9.20. The monoisotopic (exact) mass is 534 g/mol. The molecule has 204 valence electrons. The van der Waals surface area contributed by atoms with E-state index in [1.165, 1.54) is 31.9 Å². The van der Waals surface area contributed by atoms with E-state index in [2.05, 4.69) is 15.7 Å². The summed E-state index contributed by atoms with van der Waals surface area (Å²) in [7, 11) is -0.607. The number of sulfonamides is 1. The Morgan fingerprint density at radius 1 is 0.919 bits per heavy atom. The molecule has 37 heavy (non-hydrogen) atoms. The molecule has 1 aliphatic heterocycles. The Labute approximate surface area is 220 Å². The average Bonchev–Trinajstić information content (AvgIpc) is 2.95. The van der Waals surface area contributed by atoms with Crippen molar-refractivity contribution in [2.45, 2.75) is 55.4 Å². The molecular weight excluding hydrogens is 495 g/mol. The largest absolute Gasteiger partial charge is 0.493 e. The van der Waals surface area contributed by atoms with Gasteiger partial charge in [-0.15, -0.1) is 0 Å². The van der Waals surface area contributed by atoms with E-state index in [1.54, 1.807) is 6.07 Å². The molecule has 0 spiro atoms. The maximum Gasteiger partial charge on any atom is 0.240 e. The number of ether oxygens (including phenoxy) is 3. The SMILES string of the molecule is COc1ccc(S(=O)(=O)NCC2CCC(N3CCC(c4ccccc4OCCF)CC3)CC2)cc1OC. The number of alkyl halides is 1. The normalized spacial score (nSPS) is 21.5. The molecule has 1 N–H and O–H groups in total. The van der Waals surface area contributed by atoms with Crippen LogP contribution >= 0.6 is 0 Å². The summed E-state index contributed by atoms with van der Waals surface area (Å²) >= 11 is 0. The molecule has 9 heteroatoms. The maximum absolute atomic E-state index is 12.8. The number of rotatable bonds is 11. The van der Waals surface area contributed by atoms with Gasteiger partial charge in [-0.3, -0.25) is 0 Å². The molecule has 0 unspecified atom stereocenters. The first-order chi connectivity index (χ1) is 17.9. The van der Waals surface area contributed by atoms with Crippen molar-refractivity contribution >= 4 is 10.0 Å². The Kier molecular flexibility index (Phi) is 9.67. The van der Waals surface area contributed by atoms with Gasteiger partial charge in [0.15, 0.2) is 11.5 Å². The Morgan fingerprint density at radius 3 is 2.30 bits per heavy atom. The number of halogens is 1. The van der Waals surface area contributed by atoms with Gasteiger partial charge >= 0.3 is 0 Å². The molecular formula is C28H39FN2O5S. The minimum absolute atomic E-state index is 0.101. The van der Waals surface area contributed by atoms with E-state index in [9.17, 15) is 12.8 Å². The van der Waals surface area contributed by atoms with Crippen LogP contribution in [0.5, 0.6) is 17.2 Å². The number of likely N-dealkylation sites (tertiary alicyclic amines) is 1. The lowest BCUT2D eigenvalue weighted by Gasteiger charge is -2.41. The Bertz CT molecular complexity index is 1110. The molecule has 0 amide bonds. The van der Waals surface area contributed by atoms with Crippen LogP contribution in [-0.4, -0.2) is 66.5 Å². The average molecular weight is 535 g/mol. The quantitative estimate of drug-likeness (QED) is 0.448. The number of nitrogens with one attached hydrogen (secondary N) is 1. The molecule has 1 saturated heterocycles. The number of benzene rings is 2.